The van der Waals surface area contributed by atoms with Crippen LogP contribution in [0.4, 0.5) is 13.2 Å². The van der Waals surface area contributed by atoms with Gasteiger partial charge in [-0.2, -0.15) is 18.3 Å². The van der Waals surface area contributed by atoms with E-state index in [1.54, 1.807) is 36.4 Å². The summed E-state index contributed by atoms with van der Waals surface area (Å²) in [5, 5.41) is 8.76. The topological polar surface area (TPSA) is 91.1 Å². The fourth-order valence-electron chi connectivity index (χ4n) is 2.95. The molecule has 2 aromatic carbocycles. The molecule has 0 spiro atoms. The first-order valence-corrected chi connectivity index (χ1v) is 10.1. The first kappa shape index (κ1) is 19.9. The van der Waals surface area contributed by atoms with Crippen LogP contribution in [-0.4, -0.2) is 18.2 Å². The van der Waals surface area contributed by atoms with Crippen LogP contribution >= 0.6 is 0 Å². The Hall–Kier alpha value is -3.37. The third kappa shape index (κ3) is 3.87. The van der Waals surface area contributed by atoms with Crippen LogP contribution in [0.1, 0.15) is 5.69 Å². The van der Waals surface area contributed by atoms with E-state index in [2.05, 4.69) is 5.10 Å². The highest BCUT2D eigenvalue weighted by atomic mass is 32.2. The van der Waals surface area contributed by atoms with E-state index in [9.17, 15) is 21.6 Å². The zero-order valence-corrected chi connectivity index (χ0v) is 16.0. The molecule has 0 aliphatic carbocycles. The molecule has 0 unspecified atom stereocenters. The summed E-state index contributed by atoms with van der Waals surface area (Å²) >= 11 is 0. The predicted octanol–water partition coefficient (Wildman–Crippen LogP) is 4.47. The number of furan rings is 1. The number of alkyl halides is 3. The van der Waals surface area contributed by atoms with Gasteiger partial charge in [-0.25, -0.2) is 18.2 Å². The summed E-state index contributed by atoms with van der Waals surface area (Å²) in [7, 11) is -3.93. The number of sulfonamides is 1. The second-order valence-electron chi connectivity index (χ2n) is 6.42. The Labute approximate surface area is 169 Å². The number of hydrogen-bond acceptors (Lipinski definition) is 4. The number of halogens is 3. The Balaban J connectivity index is 1.80. The predicted molar refractivity (Wildman–Crippen MR) is 103 cm³/mol. The molecule has 0 aliphatic rings. The van der Waals surface area contributed by atoms with E-state index in [-0.39, 0.29) is 16.3 Å². The molecule has 6 nitrogen and oxygen atoms in total. The number of nitrogens with two attached hydrogens (primary N) is 1. The van der Waals surface area contributed by atoms with Crippen molar-refractivity contribution in [2.45, 2.75) is 11.1 Å². The fraction of sp³-hybridized carbons (Fsp3) is 0.0500. The Morgan fingerprint density at radius 3 is 2.10 bits per heavy atom. The molecular weight excluding hydrogens is 419 g/mol. The van der Waals surface area contributed by atoms with Crippen LogP contribution < -0.4 is 5.14 Å². The summed E-state index contributed by atoms with van der Waals surface area (Å²) in [6.45, 7) is 0. The molecule has 0 aliphatic heterocycles. The molecule has 0 saturated heterocycles. The minimum absolute atomic E-state index is 0.154. The lowest BCUT2D eigenvalue weighted by atomic mass is 10.1. The number of benzene rings is 2. The summed E-state index contributed by atoms with van der Waals surface area (Å²) in [5.41, 5.74) is 0.634. The van der Waals surface area contributed by atoms with Crippen molar-refractivity contribution in [3.8, 4) is 28.3 Å². The molecule has 0 amide bonds. The summed E-state index contributed by atoms with van der Waals surface area (Å²) < 4.78 is 69.2. The number of primary sulfonamides is 1. The van der Waals surface area contributed by atoms with Crippen LogP contribution in [0.2, 0.25) is 0 Å². The van der Waals surface area contributed by atoms with E-state index in [1.165, 1.54) is 30.5 Å². The molecule has 4 rings (SSSR count). The molecule has 0 fully saturated rings. The summed E-state index contributed by atoms with van der Waals surface area (Å²) in [4.78, 5) is -0.154. The van der Waals surface area contributed by atoms with Gasteiger partial charge in [0.2, 0.25) is 10.0 Å². The van der Waals surface area contributed by atoms with Gasteiger partial charge in [0.05, 0.1) is 22.5 Å². The van der Waals surface area contributed by atoms with Gasteiger partial charge >= 0.3 is 6.18 Å². The van der Waals surface area contributed by atoms with E-state index in [4.69, 9.17) is 9.56 Å². The maximum absolute atomic E-state index is 13.3. The molecule has 154 valence electrons. The Morgan fingerprint density at radius 1 is 0.933 bits per heavy atom. The first-order chi connectivity index (χ1) is 14.1. The number of nitrogens with zero attached hydrogens (tertiary/aromatic N) is 2. The third-order valence-electron chi connectivity index (χ3n) is 4.40. The SMILES string of the molecule is NS(=O)(=O)c1ccc(-n2nc(C(F)(F)F)cc2-c2ccc(-c3ccco3)cc2)cc1. The molecule has 30 heavy (non-hydrogen) atoms. The Morgan fingerprint density at radius 2 is 1.57 bits per heavy atom. The van der Waals surface area contributed by atoms with Crippen molar-refractivity contribution in [3.05, 3.63) is 78.7 Å². The fourth-order valence-corrected chi connectivity index (χ4v) is 3.46. The van der Waals surface area contributed by atoms with Gasteiger partial charge in [0.15, 0.2) is 5.69 Å². The smallest absolute Gasteiger partial charge is 0.435 e. The van der Waals surface area contributed by atoms with Crippen molar-refractivity contribution < 1.29 is 26.0 Å². The zero-order chi connectivity index (χ0) is 21.5. The Kier molecular flexibility index (Phi) is 4.75. The summed E-state index contributed by atoms with van der Waals surface area (Å²) in [6.07, 6.45) is -3.12. The summed E-state index contributed by atoms with van der Waals surface area (Å²) in [6, 6.07) is 16.3. The number of aromatic nitrogens is 2. The van der Waals surface area contributed by atoms with E-state index in [0.717, 1.165) is 16.3 Å². The molecule has 2 aromatic heterocycles. The first-order valence-electron chi connectivity index (χ1n) is 8.58. The number of rotatable bonds is 4. The average Bonchev–Trinajstić information content (AvgIpc) is 3.37. The molecular formula is C20H14F3N3O3S. The molecule has 0 atom stereocenters. The van der Waals surface area contributed by atoms with Gasteiger partial charge in [0.25, 0.3) is 0 Å². The van der Waals surface area contributed by atoms with E-state index in [1.807, 2.05) is 0 Å². The highest BCUT2D eigenvalue weighted by molar-refractivity contribution is 7.89. The maximum Gasteiger partial charge on any atom is 0.435 e. The highest BCUT2D eigenvalue weighted by Crippen LogP contribution is 2.34. The lowest BCUT2D eigenvalue weighted by Crippen LogP contribution is -2.12. The normalized spacial score (nSPS) is 12.3. The van der Waals surface area contributed by atoms with Gasteiger partial charge < -0.3 is 4.42 Å². The van der Waals surface area contributed by atoms with Crippen molar-refractivity contribution in [2.24, 2.45) is 5.14 Å². The molecule has 0 saturated carbocycles. The van der Waals surface area contributed by atoms with Gasteiger partial charge in [-0.05, 0) is 42.5 Å². The largest absolute Gasteiger partial charge is 0.464 e. The molecule has 2 N–H and O–H groups in total. The van der Waals surface area contributed by atoms with Crippen LogP contribution in [0, 0.1) is 0 Å². The van der Waals surface area contributed by atoms with Crippen molar-refractivity contribution in [3.63, 3.8) is 0 Å². The second-order valence-corrected chi connectivity index (χ2v) is 7.98. The van der Waals surface area contributed by atoms with Gasteiger partial charge in [-0.1, -0.05) is 24.3 Å². The summed E-state index contributed by atoms with van der Waals surface area (Å²) in [5.74, 6) is 0.629. The van der Waals surface area contributed by atoms with Crippen LogP contribution in [0.15, 0.2) is 82.3 Å². The quantitative estimate of drug-likeness (QED) is 0.514. The second kappa shape index (κ2) is 7.15. The molecule has 2 heterocycles. The molecule has 0 radical (unpaired) electrons. The van der Waals surface area contributed by atoms with Gasteiger partial charge in [-0.3, -0.25) is 0 Å². The standard InChI is InChI=1S/C20H14F3N3O3S/c21-20(22,23)19-12-17(13-3-5-14(6-4-13)18-2-1-11-29-18)26(25-19)15-7-9-16(10-8-15)30(24,27)28/h1-12H,(H2,24,27,28). The lowest BCUT2D eigenvalue weighted by molar-refractivity contribution is -0.141. The van der Waals surface area contributed by atoms with Crippen LogP contribution in [0.25, 0.3) is 28.3 Å². The van der Waals surface area contributed by atoms with Gasteiger partial charge in [0.1, 0.15) is 5.76 Å². The number of hydrogen-bond donors (Lipinski definition) is 1. The highest BCUT2D eigenvalue weighted by Gasteiger charge is 2.35. The zero-order valence-electron chi connectivity index (χ0n) is 15.2. The molecule has 10 heteroatoms. The third-order valence-corrected chi connectivity index (χ3v) is 5.33. The van der Waals surface area contributed by atoms with E-state index < -0.39 is 21.9 Å². The van der Waals surface area contributed by atoms with E-state index in [0.29, 0.717) is 11.3 Å². The average molecular weight is 433 g/mol. The van der Waals surface area contributed by atoms with Gasteiger partial charge in [-0.15, -0.1) is 0 Å². The van der Waals surface area contributed by atoms with Crippen molar-refractivity contribution in [2.75, 3.05) is 0 Å². The van der Waals surface area contributed by atoms with Crippen LogP contribution in [-0.2, 0) is 16.2 Å². The monoisotopic (exact) mass is 433 g/mol. The van der Waals surface area contributed by atoms with Crippen LogP contribution in [0.5, 0.6) is 0 Å². The van der Waals surface area contributed by atoms with Crippen molar-refractivity contribution >= 4 is 10.0 Å². The van der Waals surface area contributed by atoms with E-state index >= 15 is 0 Å². The lowest BCUT2D eigenvalue weighted by Gasteiger charge is -2.09. The van der Waals surface area contributed by atoms with Gasteiger partial charge in [0, 0.05) is 11.1 Å². The van der Waals surface area contributed by atoms with Crippen molar-refractivity contribution in [1.82, 2.24) is 9.78 Å². The van der Waals surface area contributed by atoms with Crippen molar-refractivity contribution in [1.29, 1.82) is 0 Å². The Bertz CT molecular complexity index is 1280. The molecule has 0 bridgehead atoms. The maximum atomic E-state index is 13.3. The minimum Gasteiger partial charge on any atom is -0.464 e. The minimum atomic E-state index is -4.64. The molecule has 4 aromatic rings. The van der Waals surface area contributed by atoms with Crippen LogP contribution in [0.3, 0.4) is 0 Å².